The topological polar surface area (TPSA) is 35.6 Å². The number of benzene rings is 1. The summed E-state index contributed by atoms with van der Waals surface area (Å²) in [4.78, 5) is 17.2. The number of piperazine rings is 1. The van der Waals surface area contributed by atoms with Gasteiger partial charge in [-0.1, -0.05) is 18.2 Å². The Bertz CT molecular complexity index is 508. The van der Waals surface area contributed by atoms with E-state index >= 15 is 0 Å². The molecule has 1 atom stereocenters. The van der Waals surface area contributed by atoms with Gasteiger partial charge in [-0.15, -0.1) is 0 Å². The number of nitrogens with zero attached hydrogens (tertiary/aromatic N) is 2. The molecule has 4 rings (SSSR count). The number of hydrogen-bond acceptors (Lipinski definition) is 3. The summed E-state index contributed by atoms with van der Waals surface area (Å²) in [6.07, 6.45) is 3.64. The number of fused-ring (bicyclic) bond motifs is 1. The molecule has 1 amide bonds. The van der Waals surface area contributed by atoms with Crippen molar-refractivity contribution in [3.63, 3.8) is 0 Å². The number of anilines is 1. The van der Waals surface area contributed by atoms with Crippen molar-refractivity contribution in [3.8, 4) is 0 Å². The van der Waals surface area contributed by atoms with Gasteiger partial charge in [0.25, 0.3) is 0 Å². The Morgan fingerprint density at radius 2 is 1.90 bits per heavy atom. The highest BCUT2D eigenvalue weighted by atomic mass is 16.2. The first-order valence-corrected chi connectivity index (χ1v) is 8.15. The molecule has 0 radical (unpaired) electrons. The van der Waals surface area contributed by atoms with Gasteiger partial charge in [0.05, 0.1) is 0 Å². The maximum Gasteiger partial charge on any atom is 0.245 e. The van der Waals surface area contributed by atoms with Gasteiger partial charge in [0.2, 0.25) is 5.91 Å². The fourth-order valence-corrected chi connectivity index (χ4v) is 3.48. The van der Waals surface area contributed by atoms with Crippen molar-refractivity contribution >= 4 is 11.6 Å². The van der Waals surface area contributed by atoms with E-state index in [4.69, 9.17) is 0 Å². The lowest BCUT2D eigenvalue weighted by Gasteiger charge is -2.36. The minimum Gasteiger partial charge on any atom is -0.373 e. The third-order valence-corrected chi connectivity index (χ3v) is 4.97. The van der Waals surface area contributed by atoms with Gasteiger partial charge in [-0.25, -0.2) is 0 Å². The summed E-state index contributed by atoms with van der Waals surface area (Å²) in [5.41, 5.74) is 2.39. The summed E-state index contributed by atoms with van der Waals surface area (Å²) in [7, 11) is 0. The molecule has 1 N–H and O–H groups in total. The van der Waals surface area contributed by atoms with Crippen LogP contribution in [0.1, 0.15) is 18.4 Å². The fraction of sp³-hybridized carbons (Fsp3) is 0.588. The standard InChI is InChI=1S/C17H23N3O/c21-17(16-11-14-3-1-2-4-15(14)18-16)20-9-7-19(8-10-20)12-13-5-6-13/h1-4,13,16,18H,5-12H2. The van der Waals surface area contributed by atoms with Crippen LogP contribution in [0.2, 0.25) is 0 Å². The van der Waals surface area contributed by atoms with Crippen molar-refractivity contribution in [2.45, 2.75) is 25.3 Å². The zero-order valence-corrected chi connectivity index (χ0v) is 12.4. The molecule has 0 aromatic heterocycles. The van der Waals surface area contributed by atoms with Gasteiger partial charge in [0, 0.05) is 44.8 Å². The maximum atomic E-state index is 12.7. The molecule has 1 aromatic carbocycles. The van der Waals surface area contributed by atoms with E-state index in [1.165, 1.54) is 24.9 Å². The Morgan fingerprint density at radius 3 is 2.62 bits per heavy atom. The van der Waals surface area contributed by atoms with Gasteiger partial charge < -0.3 is 10.2 Å². The van der Waals surface area contributed by atoms with E-state index < -0.39 is 0 Å². The second-order valence-electron chi connectivity index (χ2n) is 6.63. The third-order valence-electron chi connectivity index (χ3n) is 4.97. The van der Waals surface area contributed by atoms with Crippen LogP contribution < -0.4 is 5.32 Å². The Kier molecular flexibility index (Phi) is 3.34. The minimum absolute atomic E-state index is 0.0580. The molecule has 0 spiro atoms. The van der Waals surface area contributed by atoms with Crippen LogP contribution in [0.3, 0.4) is 0 Å². The Hall–Kier alpha value is -1.55. The second kappa shape index (κ2) is 5.34. The predicted octanol–water partition coefficient (Wildman–Crippen LogP) is 1.58. The van der Waals surface area contributed by atoms with Crippen LogP contribution >= 0.6 is 0 Å². The van der Waals surface area contributed by atoms with Crippen LogP contribution in [0.5, 0.6) is 0 Å². The van der Waals surface area contributed by atoms with Crippen molar-refractivity contribution in [1.29, 1.82) is 0 Å². The Morgan fingerprint density at radius 1 is 1.14 bits per heavy atom. The summed E-state index contributed by atoms with van der Waals surface area (Å²) in [5.74, 6) is 1.22. The molecular weight excluding hydrogens is 262 g/mol. The monoisotopic (exact) mass is 285 g/mol. The molecule has 2 aliphatic heterocycles. The quantitative estimate of drug-likeness (QED) is 0.916. The van der Waals surface area contributed by atoms with Crippen LogP contribution in [0.25, 0.3) is 0 Å². The first-order chi connectivity index (χ1) is 10.3. The molecule has 1 unspecified atom stereocenters. The summed E-state index contributed by atoms with van der Waals surface area (Å²) < 4.78 is 0. The molecule has 2 fully saturated rings. The molecular formula is C17H23N3O. The van der Waals surface area contributed by atoms with Gasteiger partial charge >= 0.3 is 0 Å². The van der Waals surface area contributed by atoms with E-state index in [1.807, 2.05) is 17.0 Å². The van der Waals surface area contributed by atoms with Crippen LogP contribution in [-0.4, -0.2) is 54.5 Å². The van der Waals surface area contributed by atoms with Crippen molar-refractivity contribution in [2.24, 2.45) is 5.92 Å². The number of hydrogen-bond donors (Lipinski definition) is 1. The van der Waals surface area contributed by atoms with Crippen molar-refractivity contribution < 1.29 is 4.79 Å². The lowest BCUT2D eigenvalue weighted by molar-refractivity contribution is -0.133. The van der Waals surface area contributed by atoms with E-state index in [0.29, 0.717) is 0 Å². The molecule has 1 aliphatic carbocycles. The summed E-state index contributed by atoms with van der Waals surface area (Å²) in [6, 6.07) is 8.19. The number of carbonyl (C=O) groups is 1. The normalized spacial score (nSPS) is 25.5. The van der Waals surface area contributed by atoms with Gasteiger partial charge in [0.1, 0.15) is 6.04 Å². The van der Waals surface area contributed by atoms with E-state index in [1.54, 1.807) is 0 Å². The first kappa shape index (κ1) is 13.1. The maximum absolute atomic E-state index is 12.7. The van der Waals surface area contributed by atoms with Gasteiger partial charge in [-0.2, -0.15) is 0 Å². The number of carbonyl (C=O) groups excluding carboxylic acids is 1. The van der Waals surface area contributed by atoms with Crippen molar-refractivity contribution in [2.75, 3.05) is 38.0 Å². The molecule has 112 valence electrons. The molecule has 4 heteroatoms. The highest BCUT2D eigenvalue weighted by molar-refractivity contribution is 5.87. The highest BCUT2D eigenvalue weighted by Gasteiger charge is 2.32. The van der Waals surface area contributed by atoms with Gasteiger partial charge in [-0.3, -0.25) is 9.69 Å². The van der Waals surface area contributed by atoms with Crippen LogP contribution in [0, 0.1) is 5.92 Å². The molecule has 4 nitrogen and oxygen atoms in total. The van der Waals surface area contributed by atoms with E-state index in [2.05, 4.69) is 22.3 Å². The number of nitrogens with one attached hydrogen (secondary N) is 1. The zero-order chi connectivity index (χ0) is 14.2. The minimum atomic E-state index is -0.0580. The largest absolute Gasteiger partial charge is 0.373 e. The summed E-state index contributed by atoms with van der Waals surface area (Å²) in [5, 5.41) is 3.38. The van der Waals surface area contributed by atoms with E-state index in [9.17, 15) is 4.79 Å². The third kappa shape index (κ3) is 2.77. The molecule has 0 bridgehead atoms. The second-order valence-corrected chi connectivity index (χ2v) is 6.63. The number of rotatable bonds is 3. The van der Waals surface area contributed by atoms with Crippen LogP contribution in [0.4, 0.5) is 5.69 Å². The van der Waals surface area contributed by atoms with Gasteiger partial charge in [-0.05, 0) is 30.4 Å². The molecule has 2 heterocycles. The van der Waals surface area contributed by atoms with Crippen molar-refractivity contribution in [1.82, 2.24) is 9.80 Å². The molecule has 3 aliphatic rings. The number of amides is 1. The molecule has 21 heavy (non-hydrogen) atoms. The highest BCUT2D eigenvalue weighted by Crippen LogP contribution is 2.30. The lowest BCUT2D eigenvalue weighted by Crippen LogP contribution is -2.52. The zero-order valence-electron chi connectivity index (χ0n) is 12.4. The molecule has 1 saturated heterocycles. The van der Waals surface area contributed by atoms with E-state index in [0.717, 1.165) is 44.2 Å². The lowest BCUT2D eigenvalue weighted by atomic mass is 10.1. The summed E-state index contributed by atoms with van der Waals surface area (Å²) in [6.45, 7) is 5.11. The number of para-hydroxylation sites is 1. The average molecular weight is 285 g/mol. The first-order valence-electron chi connectivity index (χ1n) is 8.15. The Labute approximate surface area is 126 Å². The van der Waals surface area contributed by atoms with Crippen LogP contribution in [-0.2, 0) is 11.2 Å². The SMILES string of the molecule is O=C(C1Cc2ccccc2N1)N1CCN(CC2CC2)CC1. The predicted molar refractivity (Wildman–Crippen MR) is 83.3 cm³/mol. The molecule has 1 saturated carbocycles. The van der Waals surface area contributed by atoms with Crippen molar-refractivity contribution in [3.05, 3.63) is 29.8 Å². The van der Waals surface area contributed by atoms with Gasteiger partial charge in [0.15, 0.2) is 0 Å². The fourth-order valence-electron chi connectivity index (χ4n) is 3.48. The molecule has 1 aromatic rings. The van der Waals surface area contributed by atoms with E-state index in [-0.39, 0.29) is 11.9 Å². The summed E-state index contributed by atoms with van der Waals surface area (Å²) >= 11 is 0. The smallest absolute Gasteiger partial charge is 0.245 e. The average Bonchev–Trinajstić information content (AvgIpc) is 3.22. The van der Waals surface area contributed by atoms with Crippen LogP contribution in [0.15, 0.2) is 24.3 Å². The Balaban J connectivity index is 1.32.